The van der Waals surface area contributed by atoms with E-state index in [1.165, 1.54) is 6.92 Å². The van der Waals surface area contributed by atoms with Gasteiger partial charge in [-0.3, -0.25) is 9.59 Å². The van der Waals surface area contributed by atoms with Crippen molar-refractivity contribution in [2.75, 3.05) is 6.61 Å². The molecule has 0 amide bonds. The Balaban J connectivity index is 1.76. The number of hydrogen-bond donors (Lipinski definition) is 2. The summed E-state index contributed by atoms with van der Waals surface area (Å²) in [5.41, 5.74) is -5.96. The van der Waals surface area contributed by atoms with Gasteiger partial charge in [0.15, 0.2) is 5.78 Å². The molecule has 3 fully saturated rings. The third kappa shape index (κ3) is 2.34. The molecule has 0 spiro atoms. The van der Waals surface area contributed by atoms with E-state index >= 15 is 0 Å². The highest BCUT2D eigenvalue weighted by Gasteiger charge is 2.81. The van der Waals surface area contributed by atoms with Gasteiger partial charge < -0.3 is 19.7 Å². The normalized spacial score (nSPS) is 43.5. The van der Waals surface area contributed by atoms with Gasteiger partial charge in [-0.05, 0) is 31.4 Å². The first kappa shape index (κ1) is 20.0. The highest BCUT2D eigenvalue weighted by Crippen LogP contribution is 2.69. The number of hydrogen-bond acceptors (Lipinski definition) is 7. The van der Waals surface area contributed by atoms with E-state index in [1.807, 2.05) is 6.92 Å². The van der Waals surface area contributed by atoms with E-state index in [-0.39, 0.29) is 18.8 Å². The SMILES string of the molecule is C[C@@H]1C[C@@H]2OC(=O)C[C@]13CC(=O)[C@](C)(O)[C@@](C)(COC(=O)c1ccccc1)[C@@]23O. The van der Waals surface area contributed by atoms with Crippen LogP contribution < -0.4 is 0 Å². The summed E-state index contributed by atoms with van der Waals surface area (Å²) >= 11 is 0. The second-order valence-corrected chi connectivity index (χ2v) is 9.16. The number of carbonyl (C=O) groups excluding carboxylic acids is 3. The van der Waals surface area contributed by atoms with E-state index in [0.29, 0.717) is 12.0 Å². The van der Waals surface area contributed by atoms with Crippen molar-refractivity contribution in [3.63, 3.8) is 0 Å². The predicted molar refractivity (Wildman–Crippen MR) is 101 cm³/mol. The second kappa shape index (κ2) is 6.12. The molecule has 7 nitrogen and oxygen atoms in total. The maximum absolute atomic E-state index is 13.0. The van der Waals surface area contributed by atoms with Gasteiger partial charge in [0.05, 0.1) is 17.4 Å². The van der Waals surface area contributed by atoms with E-state index in [4.69, 9.17) is 9.47 Å². The Morgan fingerprint density at radius 1 is 1.17 bits per heavy atom. The van der Waals surface area contributed by atoms with Gasteiger partial charge in [0.25, 0.3) is 0 Å². The first-order valence-electron chi connectivity index (χ1n) is 9.89. The average molecular weight is 402 g/mol. The fourth-order valence-corrected chi connectivity index (χ4v) is 5.85. The summed E-state index contributed by atoms with van der Waals surface area (Å²) in [7, 11) is 0. The molecule has 1 heterocycles. The minimum atomic E-state index is -1.96. The van der Waals surface area contributed by atoms with Crippen molar-refractivity contribution in [1.29, 1.82) is 0 Å². The van der Waals surface area contributed by atoms with Crippen LogP contribution in [0.5, 0.6) is 0 Å². The Bertz CT molecular complexity index is 878. The summed E-state index contributed by atoms with van der Waals surface area (Å²) in [5.74, 6) is -1.72. The topological polar surface area (TPSA) is 110 Å². The standard InChI is InChI=1S/C22H26O7/c1-13-9-16-22(27)19(2,12-28-18(25)14-7-5-4-6-8-14)20(3,26)15(23)10-21(13,22)11-17(24)29-16/h4-8,13,16,26-27H,9-12H2,1-3H3/t13-,16+,19-,20+,21-,22+/m1/s1. The Morgan fingerprint density at radius 3 is 2.48 bits per heavy atom. The largest absolute Gasteiger partial charge is 0.461 e. The molecule has 2 N–H and O–H groups in total. The van der Waals surface area contributed by atoms with E-state index in [2.05, 4.69) is 0 Å². The Hall–Kier alpha value is -2.25. The van der Waals surface area contributed by atoms with Crippen molar-refractivity contribution < 1.29 is 34.1 Å². The molecule has 29 heavy (non-hydrogen) atoms. The molecule has 2 saturated carbocycles. The quantitative estimate of drug-likeness (QED) is 0.740. The number of esters is 2. The van der Waals surface area contributed by atoms with Gasteiger partial charge in [0.1, 0.15) is 23.9 Å². The van der Waals surface area contributed by atoms with Crippen molar-refractivity contribution in [2.45, 2.75) is 57.3 Å². The van der Waals surface area contributed by atoms with Gasteiger partial charge in [-0.15, -0.1) is 0 Å². The van der Waals surface area contributed by atoms with Gasteiger partial charge in [0, 0.05) is 11.8 Å². The second-order valence-electron chi connectivity index (χ2n) is 9.16. The molecule has 0 aromatic heterocycles. The van der Waals surface area contributed by atoms with E-state index in [9.17, 15) is 24.6 Å². The summed E-state index contributed by atoms with van der Waals surface area (Å²) in [6.45, 7) is 4.38. The molecule has 1 aromatic carbocycles. The first-order chi connectivity index (χ1) is 13.5. The molecular weight excluding hydrogens is 376 g/mol. The molecule has 156 valence electrons. The Morgan fingerprint density at radius 2 is 1.83 bits per heavy atom. The molecule has 2 aliphatic carbocycles. The molecule has 1 saturated heterocycles. The van der Waals surface area contributed by atoms with Crippen molar-refractivity contribution in [2.24, 2.45) is 16.7 Å². The van der Waals surface area contributed by atoms with Gasteiger partial charge >= 0.3 is 11.9 Å². The number of Topliss-reactive ketones (excluding diaryl/α,β-unsaturated/α-hetero) is 1. The number of ether oxygens (including phenoxy) is 2. The van der Waals surface area contributed by atoms with Crippen LogP contribution in [-0.4, -0.2) is 51.8 Å². The first-order valence-corrected chi connectivity index (χ1v) is 9.89. The van der Waals surface area contributed by atoms with Crippen LogP contribution in [0.25, 0.3) is 0 Å². The Labute approximate surface area is 169 Å². The van der Waals surface area contributed by atoms with Crippen LogP contribution in [0.3, 0.4) is 0 Å². The molecule has 4 rings (SSSR count). The van der Waals surface area contributed by atoms with Crippen molar-refractivity contribution in [3.05, 3.63) is 35.9 Å². The smallest absolute Gasteiger partial charge is 0.338 e. The maximum atomic E-state index is 13.0. The van der Waals surface area contributed by atoms with Gasteiger partial charge in [-0.1, -0.05) is 32.0 Å². The fourth-order valence-electron chi connectivity index (χ4n) is 5.85. The van der Waals surface area contributed by atoms with E-state index in [1.54, 1.807) is 37.3 Å². The maximum Gasteiger partial charge on any atom is 0.338 e. The third-order valence-electron chi connectivity index (χ3n) is 7.91. The lowest BCUT2D eigenvalue weighted by molar-refractivity contribution is -0.296. The van der Waals surface area contributed by atoms with Crippen molar-refractivity contribution in [3.8, 4) is 0 Å². The zero-order chi connectivity index (χ0) is 21.2. The minimum absolute atomic E-state index is 0.106. The Kier molecular flexibility index (Phi) is 4.23. The number of aliphatic hydroxyl groups is 2. The van der Waals surface area contributed by atoms with E-state index in [0.717, 1.165) is 0 Å². The summed E-state index contributed by atoms with van der Waals surface area (Å²) < 4.78 is 11.0. The predicted octanol–water partition coefficient (Wildman–Crippen LogP) is 1.65. The zero-order valence-corrected chi connectivity index (χ0v) is 16.8. The zero-order valence-electron chi connectivity index (χ0n) is 16.8. The summed E-state index contributed by atoms with van der Waals surface area (Å²) in [6, 6.07) is 8.36. The molecule has 2 bridgehead atoms. The summed E-state index contributed by atoms with van der Waals surface area (Å²) in [5, 5.41) is 23.3. The van der Waals surface area contributed by atoms with Crippen LogP contribution in [0, 0.1) is 16.7 Å². The molecular formula is C22H26O7. The fraction of sp³-hybridized carbons (Fsp3) is 0.591. The van der Waals surface area contributed by atoms with Crippen LogP contribution in [0.4, 0.5) is 0 Å². The number of carbonyl (C=O) groups is 3. The van der Waals surface area contributed by atoms with Crippen LogP contribution in [0.1, 0.15) is 50.4 Å². The molecule has 0 unspecified atom stereocenters. The molecule has 6 atom stereocenters. The number of benzene rings is 1. The van der Waals surface area contributed by atoms with Crippen LogP contribution >= 0.6 is 0 Å². The van der Waals surface area contributed by atoms with Crippen molar-refractivity contribution in [1.82, 2.24) is 0 Å². The molecule has 1 aliphatic heterocycles. The lowest BCUT2D eigenvalue weighted by Crippen LogP contribution is -2.78. The number of ketones is 1. The van der Waals surface area contributed by atoms with E-state index < -0.39 is 52.5 Å². The lowest BCUT2D eigenvalue weighted by Gasteiger charge is -2.63. The molecule has 1 aromatic rings. The monoisotopic (exact) mass is 402 g/mol. The lowest BCUT2D eigenvalue weighted by atomic mass is 9.45. The number of rotatable bonds is 3. The van der Waals surface area contributed by atoms with Crippen LogP contribution in [-0.2, 0) is 19.1 Å². The van der Waals surface area contributed by atoms with Crippen molar-refractivity contribution >= 4 is 17.7 Å². The molecule has 3 aliphatic rings. The highest BCUT2D eigenvalue weighted by molar-refractivity contribution is 5.92. The molecule has 0 radical (unpaired) electrons. The molecule has 7 heteroatoms. The van der Waals surface area contributed by atoms with Gasteiger partial charge in [-0.2, -0.15) is 0 Å². The summed E-state index contributed by atoms with van der Waals surface area (Å²) in [4.78, 5) is 37.7. The minimum Gasteiger partial charge on any atom is -0.461 e. The highest BCUT2D eigenvalue weighted by atomic mass is 16.6. The van der Waals surface area contributed by atoms with Crippen LogP contribution in [0.2, 0.25) is 0 Å². The van der Waals surface area contributed by atoms with Gasteiger partial charge in [0.2, 0.25) is 0 Å². The van der Waals surface area contributed by atoms with Crippen LogP contribution in [0.15, 0.2) is 30.3 Å². The summed E-state index contributed by atoms with van der Waals surface area (Å²) in [6.07, 6.45) is -0.719. The van der Waals surface area contributed by atoms with Gasteiger partial charge in [-0.25, -0.2) is 4.79 Å². The third-order valence-corrected chi connectivity index (χ3v) is 7.91. The average Bonchev–Trinajstić information content (AvgIpc) is 2.79.